The van der Waals surface area contributed by atoms with Gasteiger partial charge in [-0.1, -0.05) is 20.3 Å². The maximum atomic E-state index is 5.55. The van der Waals surface area contributed by atoms with Gasteiger partial charge in [-0.25, -0.2) is 5.84 Å². The Balaban J connectivity index is 2.47. The van der Waals surface area contributed by atoms with E-state index in [1.807, 2.05) is 0 Å². The topological polar surface area (TPSA) is 53.6 Å². The zero-order valence-corrected chi connectivity index (χ0v) is 10.7. The molecule has 0 aromatic heterocycles. The zero-order valence-electron chi connectivity index (χ0n) is 10.7. The van der Waals surface area contributed by atoms with Gasteiger partial charge in [0, 0.05) is 19.6 Å². The zero-order chi connectivity index (χ0) is 11.8. The number of nitrogens with zero attached hydrogens (tertiary/aromatic N) is 2. The quantitative estimate of drug-likeness (QED) is 0.253. The van der Waals surface area contributed by atoms with E-state index in [0.717, 1.165) is 37.9 Å². The van der Waals surface area contributed by atoms with E-state index in [-0.39, 0.29) is 0 Å². The van der Waals surface area contributed by atoms with Crippen molar-refractivity contribution in [1.82, 2.24) is 10.3 Å². The first-order valence-electron chi connectivity index (χ1n) is 6.54. The molecule has 1 heterocycles. The van der Waals surface area contributed by atoms with Crippen molar-refractivity contribution in [2.24, 2.45) is 16.8 Å². The summed E-state index contributed by atoms with van der Waals surface area (Å²) >= 11 is 0. The fraction of sp³-hybridized carbons (Fsp3) is 0.917. The summed E-state index contributed by atoms with van der Waals surface area (Å²) in [5, 5.41) is 0. The van der Waals surface area contributed by atoms with Gasteiger partial charge in [0.05, 0.1) is 0 Å². The second-order valence-corrected chi connectivity index (χ2v) is 4.73. The Morgan fingerprint density at radius 2 is 2.25 bits per heavy atom. The van der Waals surface area contributed by atoms with Crippen molar-refractivity contribution in [1.29, 1.82) is 0 Å². The van der Waals surface area contributed by atoms with Gasteiger partial charge in [-0.3, -0.25) is 10.4 Å². The van der Waals surface area contributed by atoms with Gasteiger partial charge in [0.25, 0.3) is 0 Å². The molecule has 1 saturated heterocycles. The monoisotopic (exact) mass is 226 g/mol. The summed E-state index contributed by atoms with van der Waals surface area (Å²) in [6, 6.07) is 0. The van der Waals surface area contributed by atoms with E-state index in [1.165, 1.54) is 25.7 Å². The van der Waals surface area contributed by atoms with Crippen LogP contribution in [-0.4, -0.2) is 30.5 Å². The van der Waals surface area contributed by atoms with E-state index in [9.17, 15) is 0 Å². The lowest BCUT2D eigenvalue weighted by Gasteiger charge is -2.23. The minimum absolute atomic E-state index is 0.833. The van der Waals surface area contributed by atoms with Crippen LogP contribution >= 0.6 is 0 Å². The van der Waals surface area contributed by atoms with Gasteiger partial charge >= 0.3 is 0 Å². The molecule has 1 aliphatic rings. The van der Waals surface area contributed by atoms with Gasteiger partial charge in [0.2, 0.25) is 5.96 Å². The average molecular weight is 226 g/mol. The van der Waals surface area contributed by atoms with Crippen molar-refractivity contribution in [2.45, 2.75) is 46.0 Å². The van der Waals surface area contributed by atoms with E-state index < -0.39 is 0 Å². The molecule has 0 aliphatic carbocycles. The van der Waals surface area contributed by atoms with E-state index >= 15 is 0 Å². The number of hydrogen-bond donors (Lipinski definition) is 2. The Morgan fingerprint density at radius 1 is 1.44 bits per heavy atom. The molecule has 4 heteroatoms. The number of nitrogens with two attached hydrogens (primary N) is 1. The Hall–Kier alpha value is -0.770. The van der Waals surface area contributed by atoms with Crippen LogP contribution in [0.4, 0.5) is 0 Å². The molecule has 0 aromatic rings. The summed E-state index contributed by atoms with van der Waals surface area (Å²) < 4.78 is 0. The van der Waals surface area contributed by atoms with Crippen LogP contribution in [-0.2, 0) is 0 Å². The van der Waals surface area contributed by atoms with Crippen molar-refractivity contribution >= 4 is 5.96 Å². The Bertz CT molecular complexity index is 215. The summed E-state index contributed by atoms with van der Waals surface area (Å²) in [5.74, 6) is 7.26. The second-order valence-electron chi connectivity index (χ2n) is 4.73. The minimum atomic E-state index is 0.833. The molecular formula is C12H26N4. The van der Waals surface area contributed by atoms with Crippen molar-refractivity contribution in [3.63, 3.8) is 0 Å². The highest BCUT2D eigenvalue weighted by Gasteiger charge is 2.16. The summed E-state index contributed by atoms with van der Waals surface area (Å²) in [7, 11) is 0. The van der Waals surface area contributed by atoms with Gasteiger partial charge in [-0.2, -0.15) is 0 Å². The van der Waals surface area contributed by atoms with Crippen LogP contribution in [0.3, 0.4) is 0 Å². The van der Waals surface area contributed by atoms with Gasteiger partial charge < -0.3 is 4.90 Å². The third-order valence-electron chi connectivity index (χ3n) is 3.22. The third-order valence-corrected chi connectivity index (χ3v) is 3.22. The number of guanidine groups is 1. The number of aliphatic imine (C=N–C) groups is 1. The summed E-state index contributed by atoms with van der Waals surface area (Å²) in [6.45, 7) is 7.55. The van der Waals surface area contributed by atoms with Crippen molar-refractivity contribution in [3.8, 4) is 0 Å². The molecule has 1 unspecified atom stereocenters. The average Bonchev–Trinajstić information content (AvgIpc) is 2.50. The molecule has 0 amide bonds. The largest absolute Gasteiger partial charge is 0.342 e. The molecule has 0 bridgehead atoms. The molecule has 0 spiro atoms. The van der Waals surface area contributed by atoms with Gasteiger partial charge in [-0.15, -0.1) is 0 Å². The highest BCUT2D eigenvalue weighted by Crippen LogP contribution is 2.16. The van der Waals surface area contributed by atoms with Crippen LogP contribution in [0.15, 0.2) is 4.99 Å². The third kappa shape index (κ3) is 4.39. The van der Waals surface area contributed by atoms with Crippen molar-refractivity contribution in [3.05, 3.63) is 0 Å². The molecule has 4 nitrogen and oxygen atoms in total. The maximum absolute atomic E-state index is 5.55. The standard InChI is InChI=1S/C12H26N4/c1-3-4-8-14-12(15-13)16-9-5-6-11(2)7-10-16/h11H,3-10,13H2,1-2H3,(H,14,15). The summed E-state index contributed by atoms with van der Waals surface area (Å²) in [4.78, 5) is 6.82. The molecule has 1 aliphatic heterocycles. The number of likely N-dealkylation sites (tertiary alicyclic amines) is 1. The lowest BCUT2D eigenvalue weighted by molar-refractivity contribution is 0.409. The highest BCUT2D eigenvalue weighted by molar-refractivity contribution is 5.79. The van der Waals surface area contributed by atoms with E-state index in [4.69, 9.17) is 5.84 Å². The SMILES string of the molecule is CCCCN=C(NN)N1CCCC(C)CC1. The second kappa shape index (κ2) is 7.49. The van der Waals surface area contributed by atoms with Crippen LogP contribution in [0.1, 0.15) is 46.0 Å². The highest BCUT2D eigenvalue weighted by atomic mass is 15.4. The first kappa shape index (κ1) is 13.3. The van der Waals surface area contributed by atoms with Crippen molar-refractivity contribution < 1.29 is 0 Å². The number of hydrogen-bond acceptors (Lipinski definition) is 2. The van der Waals surface area contributed by atoms with E-state index in [1.54, 1.807) is 0 Å². The molecule has 94 valence electrons. The molecular weight excluding hydrogens is 200 g/mol. The van der Waals surface area contributed by atoms with Gasteiger partial charge in [0.15, 0.2) is 0 Å². The number of rotatable bonds is 3. The number of unbranched alkanes of at least 4 members (excludes halogenated alkanes) is 1. The Morgan fingerprint density at radius 3 is 2.94 bits per heavy atom. The summed E-state index contributed by atoms with van der Waals surface area (Å²) in [6.07, 6.45) is 6.13. The lowest BCUT2D eigenvalue weighted by Crippen LogP contribution is -2.45. The number of hydrazine groups is 1. The Labute approximate surface area is 99.3 Å². The summed E-state index contributed by atoms with van der Waals surface area (Å²) in [5.41, 5.74) is 2.75. The van der Waals surface area contributed by atoms with Gasteiger partial charge in [0.1, 0.15) is 0 Å². The first-order valence-corrected chi connectivity index (χ1v) is 6.54. The van der Waals surface area contributed by atoms with Crippen LogP contribution in [0.2, 0.25) is 0 Å². The molecule has 3 N–H and O–H groups in total. The maximum Gasteiger partial charge on any atom is 0.208 e. The number of nitrogens with one attached hydrogen (secondary N) is 1. The predicted molar refractivity (Wildman–Crippen MR) is 69.1 cm³/mol. The van der Waals surface area contributed by atoms with E-state index in [2.05, 4.69) is 29.2 Å². The van der Waals surface area contributed by atoms with Crippen LogP contribution in [0.5, 0.6) is 0 Å². The Kier molecular flexibility index (Phi) is 6.23. The molecule has 1 fully saturated rings. The van der Waals surface area contributed by atoms with Crippen LogP contribution in [0, 0.1) is 5.92 Å². The molecule has 0 radical (unpaired) electrons. The van der Waals surface area contributed by atoms with Crippen molar-refractivity contribution in [2.75, 3.05) is 19.6 Å². The van der Waals surface area contributed by atoms with E-state index in [0.29, 0.717) is 0 Å². The van der Waals surface area contributed by atoms with Crippen LogP contribution < -0.4 is 11.3 Å². The van der Waals surface area contributed by atoms with Gasteiger partial charge in [-0.05, 0) is 31.6 Å². The molecule has 1 rings (SSSR count). The normalized spacial score (nSPS) is 23.1. The smallest absolute Gasteiger partial charge is 0.208 e. The van der Waals surface area contributed by atoms with Crippen LogP contribution in [0.25, 0.3) is 0 Å². The minimum Gasteiger partial charge on any atom is -0.342 e. The molecule has 0 aromatic carbocycles. The lowest BCUT2D eigenvalue weighted by atomic mass is 10.0. The molecule has 16 heavy (non-hydrogen) atoms. The fourth-order valence-corrected chi connectivity index (χ4v) is 2.05. The predicted octanol–water partition coefficient (Wildman–Crippen LogP) is 1.73. The molecule has 0 saturated carbocycles. The molecule has 1 atom stereocenters. The fourth-order valence-electron chi connectivity index (χ4n) is 2.05. The first-order chi connectivity index (χ1) is 7.77.